The molecule has 1 aromatic heterocycles. The van der Waals surface area contributed by atoms with Gasteiger partial charge in [0.15, 0.2) is 0 Å². The van der Waals surface area contributed by atoms with Crippen LogP contribution in [0.15, 0.2) is 48.5 Å². The van der Waals surface area contributed by atoms with Gasteiger partial charge in [-0.2, -0.15) is 5.10 Å². The number of halogens is 1. The molecule has 0 fully saturated rings. The molecule has 2 aromatic carbocycles. The average Bonchev–Trinajstić information content (AvgIpc) is 3.06. The van der Waals surface area contributed by atoms with Crippen molar-refractivity contribution in [1.29, 1.82) is 0 Å². The largest absolute Gasteiger partial charge is 0.382 e. The number of ether oxygens (including phenoxy) is 1. The van der Waals surface area contributed by atoms with E-state index in [-0.39, 0.29) is 5.91 Å². The fourth-order valence-corrected chi connectivity index (χ4v) is 3.18. The Bertz CT molecular complexity index is 908. The molecule has 0 saturated carbocycles. The van der Waals surface area contributed by atoms with Crippen LogP contribution in [0.5, 0.6) is 0 Å². The molecule has 1 amide bonds. The summed E-state index contributed by atoms with van der Waals surface area (Å²) in [6.07, 6.45) is 0.789. The van der Waals surface area contributed by atoms with E-state index in [1.807, 2.05) is 62.4 Å². The maximum atomic E-state index is 12.6. The predicted octanol–water partition coefficient (Wildman–Crippen LogP) is 4.46. The van der Waals surface area contributed by atoms with Gasteiger partial charge >= 0.3 is 0 Å². The molecule has 0 bridgehead atoms. The van der Waals surface area contributed by atoms with Gasteiger partial charge in [-0.25, -0.2) is 0 Å². The topological polar surface area (TPSA) is 56.1 Å². The summed E-state index contributed by atoms with van der Waals surface area (Å²) in [7, 11) is 0. The van der Waals surface area contributed by atoms with Crippen molar-refractivity contribution in [2.24, 2.45) is 0 Å². The van der Waals surface area contributed by atoms with E-state index < -0.39 is 6.04 Å². The number of carbonyl (C=O) groups excluding carboxylic acids is 1. The molecule has 0 aliphatic heterocycles. The van der Waals surface area contributed by atoms with E-state index >= 15 is 0 Å². The molecule has 0 unspecified atom stereocenters. The zero-order valence-electron chi connectivity index (χ0n) is 15.6. The van der Waals surface area contributed by atoms with Gasteiger partial charge in [-0.3, -0.25) is 9.48 Å². The highest BCUT2D eigenvalue weighted by atomic mass is 35.5. The number of aromatic nitrogens is 2. The Morgan fingerprint density at radius 2 is 2.04 bits per heavy atom. The minimum Gasteiger partial charge on any atom is -0.382 e. The fourth-order valence-electron chi connectivity index (χ4n) is 3.01. The van der Waals surface area contributed by atoms with Crippen LogP contribution in [0.25, 0.3) is 22.2 Å². The van der Waals surface area contributed by atoms with Crippen LogP contribution in [-0.2, 0) is 9.53 Å². The van der Waals surface area contributed by atoms with Crippen molar-refractivity contribution in [2.45, 2.75) is 26.3 Å². The summed E-state index contributed by atoms with van der Waals surface area (Å²) in [4.78, 5) is 12.6. The van der Waals surface area contributed by atoms with E-state index in [4.69, 9.17) is 21.4 Å². The monoisotopic (exact) mass is 385 g/mol. The number of nitrogens with zero attached hydrogens (tertiary/aromatic N) is 2. The molecule has 27 heavy (non-hydrogen) atoms. The van der Waals surface area contributed by atoms with Gasteiger partial charge in [0.2, 0.25) is 5.91 Å². The maximum absolute atomic E-state index is 12.6. The lowest BCUT2D eigenvalue weighted by Gasteiger charge is -2.14. The third kappa shape index (κ3) is 4.49. The molecule has 1 atom stereocenters. The summed E-state index contributed by atoms with van der Waals surface area (Å²) in [6, 6.07) is 15.1. The Morgan fingerprint density at radius 1 is 1.26 bits per heavy atom. The van der Waals surface area contributed by atoms with Crippen molar-refractivity contribution in [1.82, 2.24) is 15.1 Å². The molecule has 5 nitrogen and oxygen atoms in total. The molecule has 0 saturated heterocycles. The van der Waals surface area contributed by atoms with Gasteiger partial charge in [-0.1, -0.05) is 41.9 Å². The second-order valence-corrected chi connectivity index (χ2v) is 6.77. The van der Waals surface area contributed by atoms with E-state index in [2.05, 4.69) is 5.32 Å². The quantitative estimate of drug-likeness (QED) is 0.582. The van der Waals surface area contributed by atoms with Crippen LogP contribution in [0.3, 0.4) is 0 Å². The van der Waals surface area contributed by atoms with Crippen molar-refractivity contribution in [3.63, 3.8) is 0 Å². The zero-order chi connectivity index (χ0) is 19.2. The van der Waals surface area contributed by atoms with Crippen molar-refractivity contribution >= 4 is 28.4 Å². The van der Waals surface area contributed by atoms with Crippen molar-refractivity contribution in [3.8, 4) is 11.3 Å². The van der Waals surface area contributed by atoms with Gasteiger partial charge in [-0.15, -0.1) is 0 Å². The van der Waals surface area contributed by atoms with Crippen LogP contribution < -0.4 is 5.32 Å². The van der Waals surface area contributed by atoms with Gasteiger partial charge in [0.25, 0.3) is 0 Å². The minimum absolute atomic E-state index is 0.0644. The Balaban J connectivity index is 1.87. The molecule has 1 heterocycles. The Morgan fingerprint density at radius 3 is 2.78 bits per heavy atom. The number of carbonyl (C=O) groups is 1. The van der Waals surface area contributed by atoms with Gasteiger partial charge < -0.3 is 10.1 Å². The summed E-state index contributed by atoms with van der Waals surface area (Å²) >= 11 is 6.21. The number of fused-ring (bicyclic) bond motifs is 1. The number of benzene rings is 2. The molecular weight excluding hydrogens is 362 g/mol. The highest BCUT2D eigenvalue weighted by Gasteiger charge is 2.21. The normalized spacial score (nSPS) is 12.3. The van der Waals surface area contributed by atoms with Crippen molar-refractivity contribution in [2.75, 3.05) is 19.8 Å². The Kier molecular flexibility index (Phi) is 6.48. The van der Waals surface area contributed by atoms with Crippen molar-refractivity contribution < 1.29 is 9.53 Å². The first kappa shape index (κ1) is 19.4. The molecule has 0 aliphatic carbocycles. The van der Waals surface area contributed by atoms with Crippen molar-refractivity contribution in [3.05, 3.63) is 53.6 Å². The SMILES string of the molecule is CCOCCCNC(=O)[C@H](C)n1nc(-c2ccccc2)c2cc(Cl)ccc21. The summed E-state index contributed by atoms with van der Waals surface area (Å²) in [6.45, 7) is 5.73. The minimum atomic E-state index is -0.432. The molecular formula is C21H24ClN3O2. The number of amides is 1. The lowest BCUT2D eigenvalue weighted by molar-refractivity contribution is -0.124. The Hall–Kier alpha value is -2.37. The predicted molar refractivity (Wildman–Crippen MR) is 109 cm³/mol. The van der Waals surface area contributed by atoms with Gasteiger partial charge in [-0.05, 0) is 38.5 Å². The fraction of sp³-hybridized carbons (Fsp3) is 0.333. The summed E-state index contributed by atoms with van der Waals surface area (Å²) < 4.78 is 7.07. The standard InChI is InChI=1S/C21H24ClN3O2/c1-3-27-13-7-12-23-21(26)15(2)25-19-11-10-17(22)14-18(19)20(24-25)16-8-5-4-6-9-16/h4-6,8-11,14-15H,3,7,12-13H2,1-2H3,(H,23,26)/t15-/m0/s1. The van der Waals surface area contributed by atoms with E-state index in [1.165, 1.54) is 0 Å². The lowest BCUT2D eigenvalue weighted by Crippen LogP contribution is -2.32. The van der Waals surface area contributed by atoms with E-state index in [0.717, 1.165) is 28.6 Å². The molecule has 0 aliphatic rings. The molecule has 1 N–H and O–H groups in total. The average molecular weight is 386 g/mol. The third-order valence-corrected chi connectivity index (χ3v) is 4.67. The third-order valence-electron chi connectivity index (χ3n) is 4.43. The molecule has 6 heteroatoms. The number of nitrogens with one attached hydrogen (secondary N) is 1. The smallest absolute Gasteiger partial charge is 0.244 e. The van der Waals surface area contributed by atoms with Gasteiger partial charge in [0.1, 0.15) is 11.7 Å². The van der Waals surface area contributed by atoms with Crippen LogP contribution in [0.1, 0.15) is 26.3 Å². The maximum Gasteiger partial charge on any atom is 0.244 e. The van der Waals surface area contributed by atoms with Gasteiger partial charge in [0.05, 0.1) is 5.52 Å². The van der Waals surface area contributed by atoms with E-state index in [0.29, 0.717) is 24.8 Å². The van der Waals surface area contributed by atoms with Crippen LogP contribution in [0.4, 0.5) is 0 Å². The highest BCUT2D eigenvalue weighted by Crippen LogP contribution is 2.31. The van der Waals surface area contributed by atoms with Gasteiger partial charge in [0, 0.05) is 35.7 Å². The number of hydrogen-bond acceptors (Lipinski definition) is 3. The van der Waals surface area contributed by atoms with Crippen LogP contribution in [0.2, 0.25) is 5.02 Å². The molecule has 3 aromatic rings. The zero-order valence-corrected chi connectivity index (χ0v) is 16.4. The van der Waals surface area contributed by atoms with E-state index in [1.54, 1.807) is 4.68 Å². The highest BCUT2D eigenvalue weighted by molar-refractivity contribution is 6.31. The lowest BCUT2D eigenvalue weighted by atomic mass is 10.1. The first-order valence-corrected chi connectivity index (χ1v) is 9.58. The summed E-state index contributed by atoms with van der Waals surface area (Å²) in [5, 5.41) is 9.29. The first-order valence-electron chi connectivity index (χ1n) is 9.20. The summed E-state index contributed by atoms with van der Waals surface area (Å²) in [5.41, 5.74) is 2.70. The molecule has 0 radical (unpaired) electrons. The number of hydrogen-bond donors (Lipinski definition) is 1. The van der Waals surface area contributed by atoms with Crippen LogP contribution in [0, 0.1) is 0 Å². The molecule has 3 rings (SSSR count). The van der Waals surface area contributed by atoms with Crippen LogP contribution >= 0.6 is 11.6 Å². The first-order chi connectivity index (χ1) is 13.1. The number of rotatable bonds is 8. The molecule has 0 spiro atoms. The molecule has 142 valence electrons. The Labute approximate surface area is 164 Å². The van der Waals surface area contributed by atoms with Crippen LogP contribution in [-0.4, -0.2) is 35.4 Å². The second kappa shape index (κ2) is 9.02. The second-order valence-electron chi connectivity index (χ2n) is 6.34. The van der Waals surface area contributed by atoms with E-state index in [9.17, 15) is 4.79 Å². The summed E-state index contributed by atoms with van der Waals surface area (Å²) in [5.74, 6) is -0.0644.